The highest BCUT2D eigenvalue weighted by molar-refractivity contribution is 5.93. The lowest BCUT2D eigenvalue weighted by Crippen LogP contribution is -2.33. The molecule has 0 aliphatic carbocycles. The van der Waals surface area contributed by atoms with Crippen LogP contribution in [0.5, 0.6) is 0 Å². The molecule has 0 spiro atoms. The SMILES string of the molecule is N#Cc1cc(NCC(=O)N2CCCC2)c2ccccc2n1. The van der Waals surface area contributed by atoms with Gasteiger partial charge in [0.2, 0.25) is 5.91 Å². The number of aromatic nitrogens is 1. The molecule has 5 nitrogen and oxygen atoms in total. The number of carbonyl (C=O) groups is 1. The molecular formula is C16H16N4O. The number of nitriles is 1. The molecular weight excluding hydrogens is 264 g/mol. The second kappa shape index (κ2) is 5.80. The standard InChI is InChI=1S/C16H16N4O/c17-10-12-9-15(13-5-1-2-6-14(13)19-12)18-11-16(21)20-7-3-4-8-20/h1-2,5-6,9H,3-4,7-8,11H2,(H,18,19). The van der Waals surface area contributed by atoms with E-state index in [2.05, 4.69) is 16.4 Å². The van der Waals surface area contributed by atoms with Crippen LogP contribution in [0.3, 0.4) is 0 Å². The minimum absolute atomic E-state index is 0.104. The lowest BCUT2D eigenvalue weighted by molar-refractivity contribution is -0.128. The van der Waals surface area contributed by atoms with Crippen LogP contribution < -0.4 is 5.32 Å². The third kappa shape index (κ3) is 2.79. The van der Waals surface area contributed by atoms with Crippen LogP contribution in [0.2, 0.25) is 0 Å². The Morgan fingerprint density at radius 2 is 2.10 bits per heavy atom. The summed E-state index contributed by atoms with van der Waals surface area (Å²) in [6, 6.07) is 11.4. The van der Waals surface area contributed by atoms with E-state index in [9.17, 15) is 4.79 Å². The topological polar surface area (TPSA) is 69.0 Å². The Balaban J connectivity index is 1.82. The van der Waals surface area contributed by atoms with Crippen molar-refractivity contribution >= 4 is 22.5 Å². The van der Waals surface area contributed by atoms with Crippen LogP contribution in [0.4, 0.5) is 5.69 Å². The van der Waals surface area contributed by atoms with Gasteiger partial charge in [0.1, 0.15) is 11.8 Å². The Bertz CT molecular complexity index is 714. The predicted octanol–water partition coefficient (Wildman–Crippen LogP) is 2.14. The first-order valence-corrected chi connectivity index (χ1v) is 7.09. The molecule has 1 fully saturated rings. The summed E-state index contributed by atoms with van der Waals surface area (Å²) in [4.78, 5) is 18.2. The number of nitrogens with one attached hydrogen (secondary N) is 1. The molecule has 5 heteroatoms. The smallest absolute Gasteiger partial charge is 0.241 e. The molecule has 1 N–H and O–H groups in total. The van der Waals surface area contributed by atoms with Crippen molar-refractivity contribution in [1.29, 1.82) is 5.26 Å². The van der Waals surface area contributed by atoms with Crippen molar-refractivity contribution in [2.24, 2.45) is 0 Å². The van der Waals surface area contributed by atoms with Gasteiger partial charge < -0.3 is 10.2 Å². The van der Waals surface area contributed by atoms with Crippen molar-refractivity contribution in [1.82, 2.24) is 9.88 Å². The first kappa shape index (κ1) is 13.4. The molecule has 21 heavy (non-hydrogen) atoms. The van der Waals surface area contributed by atoms with Crippen molar-refractivity contribution < 1.29 is 4.79 Å². The van der Waals surface area contributed by atoms with E-state index in [1.807, 2.05) is 29.2 Å². The number of hydrogen-bond acceptors (Lipinski definition) is 4. The molecule has 1 aliphatic heterocycles. The zero-order valence-electron chi connectivity index (χ0n) is 11.7. The van der Waals surface area contributed by atoms with E-state index in [0.29, 0.717) is 5.69 Å². The number of pyridine rings is 1. The number of likely N-dealkylation sites (tertiary alicyclic amines) is 1. The van der Waals surface area contributed by atoms with Gasteiger partial charge in [-0.05, 0) is 25.0 Å². The molecule has 1 aromatic heterocycles. The number of benzene rings is 1. The van der Waals surface area contributed by atoms with E-state index in [4.69, 9.17) is 5.26 Å². The maximum atomic E-state index is 12.1. The van der Waals surface area contributed by atoms with Gasteiger partial charge in [-0.1, -0.05) is 18.2 Å². The monoisotopic (exact) mass is 280 g/mol. The van der Waals surface area contributed by atoms with Crippen LogP contribution in [0.1, 0.15) is 18.5 Å². The normalized spacial score (nSPS) is 14.1. The van der Waals surface area contributed by atoms with Gasteiger partial charge in [0.05, 0.1) is 12.1 Å². The molecule has 1 aromatic carbocycles. The Hall–Kier alpha value is -2.61. The first-order valence-electron chi connectivity index (χ1n) is 7.09. The van der Waals surface area contributed by atoms with Crippen molar-refractivity contribution in [3.8, 4) is 6.07 Å². The fourth-order valence-corrected chi connectivity index (χ4v) is 2.63. The predicted molar refractivity (Wildman–Crippen MR) is 80.8 cm³/mol. The average molecular weight is 280 g/mol. The van der Waals surface area contributed by atoms with E-state index in [1.165, 1.54) is 0 Å². The number of carbonyl (C=O) groups excluding carboxylic acids is 1. The van der Waals surface area contributed by atoms with E-state index in [1.54, 1.807) is 6.07 Å². The number of anilines is 1. The molecule has 0 saturated carbocycles. The van der Waals surface area contributed by atoms with Crippen LogP contribution in [0.25, 0.3) is 10.9 Å². The molecule has 1 saturated heterocycles. The second-order valence-corrected chi connectivity index (χ2v) is 5.13. The average Bonchev–Trinajstić information content (AvgIpc) is 3.06. The Labute approximate surface area is 123 Å². The summed E-state index contributed by atoms with van der Waals surface area (Å²) in [5.74, 6) is 0.104. The largest absolute Gasteiger partial charge is 0.376 e. The maximum absolute atomic E-state index is 12.1. The minimum Gasteiger partial charge on any atom is -0.376 e. The summed E-state index contributed by atoms with van der Waals surface area (Å²) in [5, 5.41) is 13.1. The van der Waals surface area contributed by atoms with Gasteiger partial charge in [-0.25, -0.2) is 4.98 Å². The number of rotatable bonds is 3. The third-order valence-corrected chi connectivity index (χ3v) is 3.72. The zero-order chi connectivity index (χ0) is 14.7. The van der Waals surface area contributed by atoms with Gasteiger partial charge in [0, 0.05) is 24.2 Å². The number of nitrogens with zero attached hydrogens (tertiary/aromatic N) is 3. The van der Waals surface area contributed by atoms with Gasteiger partial charge in [0.15, 0.2) is 0 Å². The summed E-state index contributed by atoms with van der Waals surface area (Å²) < 4.78 is 0. The van der Waals surface area contributed by atoms with Crippen LogP contribution >= 0.6 is 0 Å². The quantitative estimate of drug-likeness (QED) is 0.935. The molecule has 2 aromatic rings. The molecule has 1 amide bonds. The summed E-state index contributed by atoms with van der Waals surface area (Å²) in [6.07, 6.45) is 2.17. The van der Waals surface area contributed by atoms with Gasteiger partial charge >= 0.3 is 0 Å². The van der Waals surface area contributed by atoms with Crippen molar-refractivity contribution in [2.75, 3.05) is 25.0 Å². The summed E-state index contributed by atoms with van der Waals surface area (Å²) in [5.41, 5.74) is 1.89. The molecule has 0 radical (unpaired) electrons. The molecule has 1 aliphatic rings. The van der Waals surface area contributed by atoms with Gasteiger partial charge in [-0.15, -0.1) is 0 Å². The fraction of sp³-hybridized carbons (Fsp3) is 0.312. The van der Waals surface area contributed by atoms with E-state index < -0.39 is 0 Å². The van der Waals surface area contributed by atoms with Crippen molar-refractivity contribution in [2.45, 2.75) is 12.8 Å². The second-order valence-electron chi connectivity index (χ2n) is 5.13. The van der Waals surface area contributed by atoms with Crippen LogP contribution in [-0.2, 0) is 4.79 Å². The van der Waals surface area contributed by atoms with Gasteiger partial charge in [-0.3, -0.25) is 4.79 Å². The number of fused-ring (bicyclic) bond motifs is 1. The van der Waals surface area contributed by atoms with Crippen molar-refractivity contribution in [3.63, 3.8) is 0 Å². The molecule has 2 heterocycles. The Kier molecular flexibility index (Phi) is 3.69. The van der Waals surface area contributed by atoms with E-state index >= 15 is 0 Å². The van der Waals surface area contributed by atoms with Gasteiger partial charge in [-0.2, -0.15) is 5.26 Å². The Morgan fingerprint density at radius 1 is 1.33 bits per heavy atom. The summed E-state index contributed by atoms with van der Waals surface area (Å²) in [6.45, 7) is 1.95. The molecule has 3 rings (SSSR count). The summed E-state index contributed by atoms with van der Waals surface area (Å²) >= 11 is 0. The first-order chi connectivity index (χ1) is 10.3. The lowest BCUT2D eigenvalue weighted by atomic mass is 10.1. The Morgan fingerprint density at radius 3 is 2.86 bits per heavy atom. The molecule has 106 valence electrons. The van der Waals surface area contributed by atoms with Crippen molar-refractivity contribution in [3.05, 3.63) is 36.0 Å². The fourth-order valence-electron chi connectivity index (χ4n) is 2.63. The highest BCUT2D eigenvalue weighted by atomic mass is 16.2. The number of hydrogen-bond donors (Lipinski definition) is 1. The van der Waals surface area contributed by atoms with Crippen LogP contribution in [0.15, 0.2) is 30.3 Å². The maximum Gasteiger partial charge on any atom is 0.241 e. The van der Waals surface area contributed by atoms with E-state index in [0.717, 1.165) is 42.5 Å². The molecule has 0 atom stereocenters. The number of para-hydroxylation sites is 1. The highest BCUT2D eigenvalue weighted by Gasteiger charge is 2.17. The van der Waals surface area contributed by atoms with Crippen LogP contribution in [-0.4, -0.2) is 35.4 Å². The molecule has 0 unspecified atom stereocenters. The zero-order valence-corrected chi connectivity index (χ0v) is 11.7. The highest BCUT2D eigenvalue weighted by Crippen LogP contribution is 2.22. The lowest BCUT2D eigenvalue weighted by Gasteiger charge is -2.16. The van der Waals surface area contributed by atoms with Crippen LogP contribution in [0, 0.1) is 11.3 Å². The van der Waals surface area contributed by atoms with E-state index in [-0.39, 0.29) is 12.5 Å². The third-order valence-electron chi connectivity index (χ3n) is 3.72. The molecule has 0 bridgehead atoms. The number of amides is 1. The minimum atomic E-state index is 0.104. The van der Waals surface area contributed by atoms with Gasteiger partial charge in [0.25, 0.3) is 0 Å². The summed E-state index contributed by atoms with van der Waals surface area (Å²) in [7, 11) is 0.